The van der Waals surface area contributed by atoms with E-state index in [1.54, 1.807) is 7.05 Å². The summed E-state index contributed by atoms with van der Waals surface area (Å²) in [5.74, 6) is 1.29. The topological polar surface area (TPSA) is 61.9 Å². The van der Waals surface area contributed by atoms with Crippen molar-refractivity contribution in [3.05, 3.63) is 24.3 Å². The number of hydrogen-bond acceptors (Lipinski definition) is 4. The molecular formula is C18H25N3O3. The van der Waals surface area contributed by atoms with Gasteiger partial charge in [0.15, 0.2) is 6.10 Å². The number of nitrogens with one attached hydrogen (secondary N) is 1. The average molecular weight is 331 g/mol. The van der Waals surface area contributed by atoms with Crippen molar-refractivity contribution in [2.24, 2.45) is 5.92 Å². The minimum atomic E-state index is -0.598. The third-order valence-corrected chi connectivity index (χ3v) is 4.86. The van der Waals surface area contributed by atoms with E-state index in [1.807, 2.05) is 34.1 Å². The lowest BCUT2D eigenvalue weighted by Crippen LogP contribution is -2.51. The number of carbonyl (C=O) groups is 2. The molecule has 3 rings (SSSR count). The van der Waals surface area contributed by atoms with Gasteiger partial charge in [0.1, 0.15) is 5.75 Å². The molecule has 24 heavy (non-hydrogen) atoms. The van der Waals surface area contributed by atoms with E-state index in [0.29, 0.717) is 18.2 Å². The Morgan fingerprint density at radius 1 is 1.25 bits per heavy atom. The van der Waals surface area contributed by atoms with E-state index < -0.39 is 6.10 Å². The molecule has 1 N–H and O–H groups in total. The molecule has 6 heteroatoms. The van der Waals surface area contributed by atoms with Crippen LogP contribution in [0.15, 0.2) is 24.3 Å². The molecule has 1 saturated heterocycles. The van der Waals surface area contributed by atoms with Crippen molar-refractivity contribution in [1.29, 1.82) is 0 Å². The highest BCUT2D eigenvalue weighted by Gasteiger charge is 2.32. The zero-order chi connectivity index (χ0) is 17.1. The maximum absolute atomic E-state index is 12.7. The standard InChI is InChI=1S/C18H25N3O3/c1-13-7-9-20(10-8-13)17(22)12-21-11-16(18(23)19-2)24-15-6-4-3-5-14(15)21/h3-6,13,16H,7-12H2,1-2H3,(H,19,23)/t16-/m0/s1. The van der Waals surface area contributed by atoms with Gasteiger partial charge in [0.2, 0.25) is 5.91 Å². The van der Waals surface area contributed by atoms with Crippen LogP contribution in [0.25, 0.3) is 0 Å². The van der Waals surface area contributed by atoms with Crippen LogP contribution in [0, 0.1) is 5.92 Å². The molecule has 0 unspecified atom stereocenters. The maximum atomic E-state index is 12.7. The van der Waals surface area contributed by atoms with Gasteiger partial charge in [0, 0.05) is 20.1 Å². The van der Waals surface area contributed by atoms with Gasteiger partial charge in [0.05, 0.1) is 18.8 Å². The molecule has 1 aromatic carbocycles. The van der Waals surface area contributed by atoms with Crippen LogP contribution >= 0.6 is 0 Å². The Bertz CT molecular complexity index is 611. The molecule has 0 saturated carbocycles. The van der Waals surface area contributed by atoms with E-state index in [1.165, 1.54) is 0 Å². The molecule has 0 aromatic heterocycles. The number of likely N-dealkylation sites (N-methyl/N-ethyl adjacent to an activating group) is 1. The lowest BCUT2D eigenvalue weighted by atomic mass is 9.99. The smallest absolute Gasteiger partial charge is 0.262 e. The number of rotatable bonds is 3. The fourth-order valence-corrected chi connectivity index (χ4v) is 3.28. The molecule has 0 spiro atoms. The molecule has 130 valence electrons. The second kappa shape index (κ2) is 7.11. The predicted octanol–water partition coefficient (Wildman–Crippen LogP) is 1.26. The summed E-state index contributed by atoms with van der Waals surface area (Å²) in [6, 6.07) is 7.56. The van der Waals surface area contributed by atoms with Crippen LogP contribution in [0.1, 0.15) is 19.8 Å². The second-order valence-corrected chi connectivity index (χ2v) is 6.63. The minimum absolute atomic E-state index is 0.120. The van der Waals surface area contributed by atoms with Crippen LogP contribution in [0.3, 0.4) is 0 Å². The summed E-state index contributed by atoms with van der Waals surface area (Å²) in [4.78, 5) is 28.6. The molecule has 2 amide bonds. The lowest BCUT2D eigenvalue weighted by Gasteiger charge is -2.37. The third-order valence-electron chi connectivity index (χ3n) is 4.86. The molecule has 2 aliphatic rings. The zero-order valence-electron chi connectivity index (χ0n) is 14.3. The number of carbonyl (C=O) groups excluding carboxylic acids is 2. The van der Waals surface area contributed by atoms with Gasteiger partial charge in [-0.05, 0) is 30.9 Å². The number of amides is 2. The Balaban J connectivity index is 1.73. The summed E-state index contributed by atoms with van der Waals surface area (Å²) in [7, 11) is 1.59. The van der Waals surface area contributed by atoms with Gasteiger partial charge in [-0.1, -0.05) is 19.1 Å². The number of anilines is 1. The first-order chi connectivity index (χ1) is 11.6. The van der Waals surface area contributed by atoms with Crippen LogP contribution in [-0.4, -0.2) is 56.0 Å². The maximum Gasteiger partial charge on any atom is 0.262 e. The van der Waals surface area contributed by atoms with Gasteiger partial charge < -0.3 is 19.9 Å². The van der Waals surface area contributed by atoms with Gasteiger partial charge >= 0.3 is 0 Å². The molecule has 6 nitrogen and oxygen atoms in total. The lowest BCUT2D eigenvalue weighted by molar-refractivity contribution is -0.132. The number of likely N-dealkylation sites (tertiary alicyclic amines) is 1. The predicted molar refractivity (Wildman–Crippen MR) is 92.1 cm³/mol. The molecular weight excluding hydrogens is 306 g/mol. The minimum Gasteiger partial charge on any atom is -0.477 e. The van der Waals surface area contributed by atoms with E-state index in [2.05, 4.69) is 12.2 Å². The van der Waals surface area contributed by atoms with Crippen molar-refractivity contribution in [1.82, 2.24) is 10.2 Å². The molecule has 0 bridgehead atoms. The SMILES string of the molecule is CNC(=O)[C@@H]1CN(CC(=O)N2CCC(C)CC2)c2ccccc2O1. The molecule has 1 fully saturated rings. The molecule has 2 heterocycles. The van der Waals surface area contributed by atoms with Gasteiger partial charge in [-0.3, -0.25) is 9.59 Å². The molecule has 2 aliphatic heterocycles. The van der Waals surface area contributed by atoms with E-state index in [0.717, 1.165) is 31.6 Å². The first kappa shape index (κ1) is 16.6. The van der Waals surface area contributed by atoms with Crippen LogP contribution < -0.4 is 15.0 Å². The Hall–Kier alpha value is -2.24. The monoisotopic (exact) mass is 331 g/mol. The summed E-state index contributed by atoms with van der Waals surface area (Å²) >= 11 is 0. The van der Waals surface area contributed by atoms with E-state index in [-0.39, 0.29) is 18.4 Å². The number of benzene rings is 1. The highest BCUT2D eigenvalue weighted by Crippen LogP contribution is 2.33. The summed E-state index contributed by atoms with van der Waals surface area (Å²) < 4.78 is 5.78. The van der Waals surface area contributed by atoms with Crippen LogP contribution in [0.4, 0.5) is 5.69 Å². The van der Waals surface area contributed by atoms with E-state index in [9.17, 15) is 9.59 Å². The van der Waals surface area contributed by atoms with Gasteiger partial charge in [-0.25, -0.2) is 0 Å². The Kier molecular flexibility index (Phi) is 4.92. The number of nitrogens with zero attached hydrogens (tertiary/aromatic N) is 2. The highest BCUT2D eigenvalue weighted by molar-refractivity contribution is 5.86. The van der Waals surface area contributed by atoms with Crippen molar-refractivity contribution < 1.29 is 14.3 Å². The Morgan fingerprint density at radius 3 is 2.67 bits per heavy atom. The first-order valence-corrected chi connectivity index (χ1v) is 8.58. The van der Waals surface area contributed by atoms with Gasteiger partial charge in [-0.2, -0.15) is 0 Å². The first-order valence-electron chi connectivity index (χ1n) is 8.58. The number of ether oxygens (including phenoxy) is 1. The molecule has 0 aliphatic carbocycles. The van der Waals surface area contributed by atoms with Crippen molar-refractivity contribution in [3.63, 3.8) is 0 Å². The Morgan fingerprint density at radius 2 is 1.96 bits per heavy atom. The van der Waals surface area contributed by atoms with Crippen LogP contribution in [0.2, 0.25) is 0 Å². The molecule has 1 atom stereocenters. The quantitative estimate of drug-likeness (QED) is 0.906. The van der Waals surface area contributed by atoms with E-state index >= 15 is 0 Å². The number of piperidine rings is 1. The fourth-order valence-electron chi connectivity index (χ4n) is 3.28. The van der Waals surface area contributed by atoms with Crippen LogP contribution in [-0.2, 0) is 9.59 Å². The number of fused-ring (bicyclic) bond motifs is 1. The summed E-state index contributed by atoms with van der Waals surface area (Å²) in [5.41, 5.74) is 0.872. The summed E-state index contributed by atoms with van der Waals surface area (Å²) in [6.07, 6.45) is 1.53. The van der Waals surface area contributed by atoms with Crippen molar-refractivity contribution in [2.75, 3.05) is 38.1 Å². The van der Waals surface area contributed by atoms with E-state index in [4.69, 9.17) is 4.74 Å². The average Bonchev–Trinajstić information content (AvgIpc) is 2.61. The summed E-state index contributed by atoms with van der Waals surface area (Å²) in [6.45, 7) is 4.54. The van der Waals surface area contributed by atoms with Crippen molar-refractivity contribution >= 4 is 17.5 Å². The zero-order valence-corrected chi connectivity index (χ0v) is 14.3. The molecule has 1 aromatic rings. The normalized spacial score (nSPS) is 21.0. The van der Waals surface area contributed by atoms with Crippen LogP contribution in [0.5, 0.6) is 5.75 Å². The third kappa shape index (κ3) is 3.47. The van der Waals surface area contributed by atoms with Crippen molar-refractivity contribution in [3.8, 4) is 5.75 Å². The number of para-hydroxylation sites is 2. The fraction of sp³-hybridized carbons (Fsp3) is 0.556. The Labute approximate surface area is 142 Å². The largest absolute Gasteiger partial charge is 0.477 e. The van der Waals surface area contributed by atoms with Gasteiger partial charge in [0.25, 0.3) is 5.91 Å². The number of hydrogen-bond donors (Lipinski definition) is 1. The summed E-state index contributed by atoms with van der Waals surface area (Å²) in [5, 5.41) is 2.62. The highest BCUT2D eigenvalue weighted by atomic mass is 16.5. The van der Waals surface area contributed by atoms with Crippen molar-refractivity contribution in [2.45, 2.75) is 25.9 Å². The molecule has 0 radical (unpaired) electrons. The second-order valence-electron chi connectivity index (χ2n) is 6.63. The van der Waals surface area contributed by atoms with Gasteiger partial charge in [-0.15, -0.1) is 0 Å².